The lowest BCUT2D eigenvalue weighted by molar-refractivity contribution is 0.229. The number of nitrogen functional groups attached to an aromatic ring is 1. The predicted molar refractivity (Wildman–Crippen MR) is 67.6 cm³/mol. The third kappa shape index (κ3) is 1.92. The fourth-order valence-corrected chi connectivity index (χ4v) is 3.08. The molecule has 0 aromatic heterocycles. The van der Waals surface area contributed by atoms with Crippen LogP contribution >= 0.6 is 0 Å². The maximum absolute atomic E-state index is 13.9. The van der Waals surface area contributed by atoms with Gasteiger partial charge in [0.05, 0.1) is 0 Å². The van der Waals surface area contributed by atoms with Crippen molar-refractivity contribution in [2.75, 3.05) is 36.8 Å². The number of anilines is 2. The van der Waals surface area contributed by atoms with Crippen LogP contribution in [0.15, 0.2) is 12.1 Å². The van der Waals surface area contributed by atoms with Gasteiger partial charge in [-0.05, 0) is 31.5 Å². The Kier molecular flexibility index (Phi) is 2.86. The molecule has 18 heavy (non-hydrogen) atoms. The molecule has 3 nitrogen and oxygen atoms in total. The molecule has 5 heteroatoms. The average Bonchev–Trinajstić information content (AvgIpc) is 2.74. The first-order chi connectivity index (χ1) is 8.65. The standard InChI is InChI=1S/C13H17F2N3/c14-11-6-9(16)7-12(15)13(11)18-5-4-17-3-1-2-10(17)8-18/h6-7,10H,1-5,8,16H2. The van der Waals surface area contributed by atoms with Gasteiger partial charge in [-0.25, -0.2) is 8.78 Å². The fourth-order valence-electron chi connectivity index (χ4n) is 3.08. The second kappa shape index (κ2) is 4.39. The second-order valence-corrected chi connectivity index (χ2v) is 5.11. The Hall–Kier alpha value is -1.36. The molecule has 98 valence electrons. The molecule has 2 aliphatic rings. The largest absolute Gasteiger partial charge is 0.399 e. The van der Waals surface area contributed by atoms with Gasteiger partial charge in [0.1, 0.15) is 5.69 Å². The van der Waals surface area contributed by atoms with Crippen LogP contribution in [0.5, 0.6) is 0 Å². The van der Waals surface area contributed by atoms with Crippen LogP contribution in [0.2, 0.25) is 0 Å². The van der Waals surface area contributed by atoms with Crippen molar-refractivity contribution in [1.82, 2.24) is 4.90 Å². The molecule has 0 aliphatic carbocycles. The Morgan fingerprint density at radius 1 is 1.11 bits per heavy atom. The van der Waals surface area contributed by atoms with Crippen molar-refractivity contribution in [3.63, 3.8) is 0 Å². The highest BCUT2D eigenvalue weighted by molar-refractivity contribution is 5.56. The SMILES string of the molecule is Nc1cc(F)c(N2CCN3CCCC3C2)c(F)c1. The Labute approximate surface area is 105 Å². The maximum Gasteiger partial charge on any atom is 0.151 e. The molecule has 1 atom stereocenters. The van der Waals surface area contributed by atoms with E-state index in [0.29, 0.717) is 19.1 Å². The first-order valence-corrected chi connectivity index (χ1v) is 6.38. The van der Waals surface area contributed by atoms with Crippen molar-refractivity contribution in [1.29, 1.82) is 0 Å². The number of fused-ring (bicyclic) bond motifs is 1. The summed E-state index contributed by atoms with van der Waals surface area (Å²) in [5.74, 6) is -1.11. The monoisotopic (exact) mass is 253 g/mol. The van der Waals surface area contributed by atoms with Gasteiger partial charge >= 0.3 is 0 Å². The van der Waals surface area contributed by atoms with Crippen LogP contribution in [-0.4, -0.2) is 37.1 Å². The zero-order valence-corrected chi connectivity index (χ0v) is 10.2. The van der Waals surface area contributed by atoms with Crippen molar-refractivity contribution < 1.29 is 8.78 Å². The molecule has 2 heterocycles. The van der Waals surface area contributed by atoms with Gasteiger partial charge in [0, 0.05) is 31.4 Å². The number of hydrogen-bond donors (Lipinski definition) is 1. The highest BCUT2D eigenvalue weighted by Crippen LogP contribution is 2.30. The molecule has 1 aromatic rings. The molecule has 3 rings (SSSR count). The molecule has 2 N–H and O–H groups in total. The van der Waals surface area contributed by atoms with E-state index in [1.807, 2.05) is 4.90 Å². The predicted octanol–water partition coefficient (Wildman–Crippen LogP) is 1.83. The molecule has 2 saturated heterocycles. The highest BCUT2D eigenvalue weighted by Gasteiger charge is 2.32. The third-order valence-corrected chi connectivity index (χ3v) is 3.94. The maximum atomic E-state index is 13.9. The first-order valence-electron chi connectivity index (χ1n) is 6.38. The van der Waals surface area contributed by atoms with Crippen molar-refractivity contribution in [3.05, 3.63) is 23.8 Å². The van der Waals surface area contributed by atoms with E-state index in [1.54, 1.807) is 0 Å². The Morgan fingerprint density at radius 2 is 1.83 bits per heavy atom. The van der Waals surface area contributed by atoms with Gasteiger partial charge in [0.15, 0.2) is 11.6 Å². The van der Waals surface area contributed by atoms with Gasteiger partial charge in [-0.3, -0.25) is 4.90 Å². The zero-order valence-electron chi connectivity index (χ0n) is 10.2. The van der Waals surface area contributed by atoms with E-state index in [1.165, 1.54) is 18.6 Å². The summed E-state index contributed by atoms with van der Waals surface area (Å²) in [7, 11) is 0. The number of piperazine rings is 1. The summed E-state index contributed by atoms with van der Waals surface area (Å²) in [6, 6.07) is 2.83. The molecule has 2 fully saturated rings. The summed E-state index contributed by atoms with van der Waals surface area (Å²) in [6.45, 7) is 3.38. The first kappa shape index (κ1) is 11.7. The Balaban J connectivity index is 1.87. The van der Waals surface area contributed by atoms with E-state index < -0.39 is 11.6 Å². The summed E-state index contributed by atoms with van der Waals surface area (Å²) in [5.41, 5.74) is 5.65. The highest BCUT2D eigenvalue weighted by atomic mass is 19.1. The van der Waals surface area contributed by atoms with Gasteiger partial charge in [0.2, 0.25) is 0 Å². The molecule has 0 spiro atoms. The van der Waals surface area contributed by atoms with E-state index in [2.05, 4.69) is 4.90 Å². The van der Waals surface area contributed by atoms with Gasteiger partial charge in [-0.15, -0.1) is 0 Å². The zero-order chi connectivity index (χ0) is 12.7. The van der Waals surface area contributed by atoms with Crippen molar-refractivity contribution in [2.24, 2.45) is 0 Å². The van der Waals surface area contributed by atoms with Gasteiger partial charge in [-0.2, -0.15) is 0 Å². The molecular weight excluding hydrogens is 236 g/mol. The van der Waals surface area contributed by atoms with Crippen LogP contribution in [0, 0.1) is 11.6 Å². The number of nitrogens with zero attached hydrogens (tertiary/aromatic N) is 2. The summed E-state index contributed by atoms with van der Waals surface area (Å²) >= 11 is 0. The van der Waals surface area contributed by atoms with Gasteiger partial charge in [0.25, 0.3) is 0 Å². The minimum absolute atomic E-state index is 0.0794. The smallest absolute Gasteiger partial charge is 0.151 e. The Bertz CT molecular complexity index is 441. The van der Waals surface area contributed by atoms with E-state index in [4.69, 9.17) is 5.73 Å². The second-order valence-electron chi connectivity index (χ2n) is 5.11. The van der Waals surface area contributed by atoms with E-state index >= 15 is 0 Å². The van der Waals surface area contributed by atoms with Crippen molar-refractivity contribution >= 4 is 11.4 Å². The number of benzene rings is 1. The summed E-state index contributed by atoms with van der Waals surface area (Å²) < 4.78 is 27.7. The Morgan fingerprint density at radius 3 is 2.56 bits per heavy atom. The average molecular weight is 253 g/mol. The topological polar surface area (TPSA) is 32.5 Å². The third-order valence-electron chi connectivity index (χ3n) is 3.94. The van der Waals surface area contributed by atoms with Crippen LogP contribution in [0.25, 0.3) is 0 Å². The molecule has 2 aliphatic heterocycles. The van der Waals surface area contributed by atoms with Crippen LogP contribution in [0.1, 0.15) is 12.8 Å². The summed E-state index contributed by atoms with van der Waals surface area (Å²) in [6.07, 6.45) is 2.31. The molecule has 1 unspecified atom stereocenters. The van der Waals surface area contributed by atoms with Crippen LogP contribution in [0.3, 0.4) is 0 Å². The summed E-state index contributed by atoms with van der Waals surface area (Å²) in [4.78, 5) is 4.22. The minimum atomic E-state index is -0.557. The number of hydrogen-bond acceptors (Lipinski definition) is 3. The molecule has 1 aromatic carbocycles. The number of rotatable bonds is 1. The van der Waals surface area contributed by atoms with Crippen LogP contribution in [-0.2, 0) is 0 Å². The van der Waals surface area contributed by atoms with E-state index in [-0.39, 0.29) is 11.4 Å². The lowest BCUT2D eigenvalue weighted by Crippen LogP contribution is -2.50. The molecule has 0 bridgehead atoms. The minimum Gasteiger partial charge on any atom is -0.399 e. The lowest BCUT2D eigenvalue weighted by atomic mass is 10.1. The molecular formula is C13H17F2N3. The fraction of sp³-hybridized carbons (Fsp3) is 0.538. The van der Waals surface area contributed by atoms with Crippen LogP contribution < -0.4 is 10.6 Å². The van der Waals surface area contributed by atoms with Crippen LogP contribution in [0.4, 0.5) is 20.2 Å². The summed E-state index contributed by atoms with van der Waals surface area (Å²) in [5, 5.41) is 0. The molecule has 0 saturated carbocycles. The van der Waals surface area contributed by atoms with Crippen molar-refractivity contribution in [3.8, 4) is 0 Å². The number of nitrogens with two attached hydrogens (primary N) is 1. The number of halogens is 2. The van der Waals surface area contributed by atoms with Gasteiger partial charge < -0.3 is 10.6 Å². The van der Waals surface area contributed by atoms with Gasteiger partial charge in [-0.1, -0.05) is 0 Å². The molecule has 0 amide bonds. The normalized spacial score (nSPS) is 24.3. The van der Waals surface area contributed by atoms with E-state index in [9.17, 15) is 8.78 Å². The van der Waals surface area contributed by atoms with E-state index in [0.717, 1.165) is 19.5 Å². The quantitative estimate of drug-likeness (QED) is 0.775. The lowest BCUT2D eigenvalue weighted by Gasteiger charge is -2.39. The molecule has 0 radical (unpaired) electrons. The van der Waals surface area contributed by atoms with Crippen molar-refractivity contribution in [2.45, 2.75) is 18.9 Å².